The van der Waals surface area contributed by atoms with Gasteiger partial charge in [-0.15, -0.1) is 0 Å². The molecule has 156 valence electrons. The first-order valence-electron chi connectivity index (χ1n) is 11.1. The summed E-state index contributed by atoms with van der Waals surface area (Å²) in [6.07, 6.45) is 7.59. The molecule has 2 atom stereocenters. The van der Waals surface area contributed by atoms with Crippen molar-refractivity contribution in [3.63, 3.8) is 0 Å². The van der Waals surface area contributed by atoms with E-state index in [9.17, 15) is 4.79 Å². The van der Waals surface area contributed by atoms with Crippen molar-refractivity contribution in [2.24, 2.45) is 5.41 Å². The molecule has 2 saturated heterocycles. The highest BCUT2D eigenvalue weighted by Crippen LogP contribution is 2.41. The van der Waals surface area contributed by atoms with Crippen LogP contribution in [0.1, 0.15) is 87.0 Å². The summed E-state index contributed by atoms with van der Waals surface area (Å²) in [5.41, 5.74) is 3.14. The second-order valence-corrected chi connectivity index (χ2v) is 10.6. The Labute approximate surface area is 172 Å². The molecular formula is C23H32N4O2. The second kappa shape index (κ2) is 6.79. The molecule has 1 aliphatic carbocycles. The Morgan fingerprint density at radius 3 is 2.52 bits per heavy atom. The van der Waals surface area contributed by atoms with E-state index in [2.05, 4.69) is 31.2 Å². The van der Waals surface area contributed by atoms with Crippen LogP contribution in [0.5, 0.6) is 0 Å². The lowest BCUT2D eigenvalue weighted by atomic mass is 9.89. The van der Waals surface area contributed by atoms with Gasteiger partial charge in [0.05, 0.1) is 16.6 Å². The van der Waals surface area contributed by atoms with E-state index in [0.29, 0.717) is 29.8 Å². The minimum absolute atomic E-state index is 0.0550. The van der Waals surface area contributed by atoms with Crippen LogP contribution in [0.15, 0.2) is 10.6 Å². The molecule has 2 aromatic heterocycles. The van der Waals surface area contributed by atoms with Crippen molar-refractivity contribution in [2.75, 3.05) is 7.05 Å². The van der Waals surface area contributed by atoms with E-state index < -0.39 is 0 Å². The van der Waals surface area contributed by atoms with E-state index in [1.165, 1.54) is 12.8 Å². The number of carbonyl (C=O) groups is 1. The zero-order valence-corrected chi connectivity index (χ0v) is 18.0. The SMILES string of the molecule is CN(C(=O)c1cc(C2CC2)nc2onc(CC(C)(C)C)c12)C1CC2CCC(C1)N2. The lowest BCUT2D eigenvalue weighted by molar-refractivity contribution is 0.0683. The van der Waals surface area contributed by atoms with Gasteiger partial charge in [0.15, 0.2) is 0 Å². The van der Waals surface area contributed by atoms with Crippen LogP contribution in [0.3, 0.4) is 0 Å². The molecule has 29 heavy (non-hydrogen) atoms. The maximum absolute atomic E-state index is 13.7. The molecule has 2 aliphatic heterocycles. The molecule has 3 aliphatic rings. The van der Waals surface area contributed by atoms with Gasteiger partial charge in [-0.2, -0.15) is 0 Å². The van der Waals surface area contributed by atoms with Crippen LogP contribution in [0.2, 0.25) is 0 Å². The van der Waals surface area contributed by atoms with Gasteiger partial charge >= 0.3 is 0 Å². The highest BCUT2D eigenvalue weighted by molar-refractivity contribution is 6.06. The number of piperidine rings is 1. The number of pyridine rings is 1. The van der Waals surface area contributed by atoms with E-state index >= 15 is 0 Å². The zero-order chi connectivity index (χ0) is 20.3. The summed E-state index contributed by atoms with van der Waals surface area (Å²) in [6.45, 7) is 6.54. The van der Waals surface area contributed by atoms with Crippen LogP contribution in [0.25, 0.3) is 11.1 Å². The van der Waals surface area contributed by atoms with Crippen molar-refractivity contribution in [3.05, 3.63) is 23.0 Å². The van der Waals surface area contributed by atoms with E-state index in [1.54, 1.807) is 0 Å². The number of amides is 1. The molecule has 6 heteroatoms. The Morgan fingerprint density at radius 1 is 1.21 bits per heavy atom. The third-order valence-corrected chi connectivity index (χ3v) is 6.78. The fourth-order valence-corrected chi connectivity index (χ4v) is 5.11. The number of hydrogen-bond acceptors (Lipinski definition) is 5. The molecule has 1 N–H and O–H groups in total. The van der Waals surface area contributed by atoms with Crippen molar-refractivity contribution < 1.29 is 9.32 Å². The van der Waals surface area contributed by atoms with Crippen LogP contribution in [-0.2, 0) is 6.42 Å². The van der Waals surface area contributed by atoms with Crippen molar-refractivity contribution in [1.29, 1.82) is 0 Å². The molecular weight excluding hydrogens is 364 g/mol. The number of rotatable bonds is 4. The Balaban J connectivity index is 1.52. The molecule has 4 heterocycles. The normalized spacial score (nSPS) is 26.8. The molecule has 3 fully saturated rings. The molecule has 0 spiro atoms. The maximum atomic E-state index is 13.7. The van der Waals surface area contributed by atoms with Gasteiger partial charge < -0.3 is 14.7 Å². The van der Waals surface area contributed by atoms with Crippen LogP contribution >= 0.6 is 0 Å². The van der Waals surface area contributed by atoms with Crippen molar-refractivity contribution in [2.45, 2.75) is 89.8 Å². The summed E-state index contributed by atoms with van der Waals surface area (Å²) in [5, 5.41) is 8.82. The topological polar surface area (TPSA) is 71.3 Å². The molecule has 5 rings (SSSR count). The predicted molar refractivity (Wildman–Crippen MR) is 112 cm³/mol. The molecule has 0 radical (unpaired) electrons. The van der Waals surface area contributed by atoms with E-state index in [0.717, 1.165) is 54.4 Å². The van der Waals surface area contributed by atoms with Gasteiger partial charge in [-0.3, -0.25) is 4.79 Å². The van der Waals surface area contributed by atoms with Crippen LogP contribution < -0.4 is 5.32 Å². The molecule has 2 aromatic rings. The fraction of sp³-hybridized carbons (Fsp3) is 0.696. The van der Waals surface area contributed by atoms with Crippen molar-refractivity contribution in [3.8, 4) is 0 Å². The minimum Gasteiger partial charge on any atom is -0.339 e. The smallest absolute Gasteiger partial charge is 0.259 e. The van der Waals surface area contributed by atoms with Gasteiger partial charge in [0.1, 0.15) is 0 Å². The van der Waals surface area contributed by atoms with Gasteiger partial charge in [0.2, 0.25) is 0 Å². The highest BCUT2D eigenvalue weighted by atomic mass is 16.5. The molecule has 1 amide bonds. The molecule has 1 saturated carbocycles. The predicted octanol–water partition coefficient (Wildman–Crippen LogP) is 4.04. The molecule has 0 aromatic carbocycles. The summed E-state index contributed by atoms with van der Waals surface area (Å²) in [7, 11) is 1.97. The molecule has 6 nitrogen and oxygen atoms in total. The summed E-state index contributed by atoms with van der Waals surface area (Å²) < 4.78 is 5.63. The number of fused-ring (bicyclic) bond motifs is 3. The summed E-state index contributed by atoms with van der Waals surface area (Å²) in [5.74, 6) is 0.547. The van der Waals surface area contributed by atoms with Crippen molar-refractivity contribution >= 4 is 17.0 Å². The number of hydrogen-bond donors (Lipinski definition) is 1. The highest BCUT2D eigenvalue weighted by Gasteiger charge is 2.38. The summed E-state index contributed by atoms with van der Waals surface area (Å²) in [4.78, 5) is 20.4. The Hall–Kier alpha value is -1.95. The number of nitrogens with zero attached hydrogens (tertiary/aromatic N) is 3. The Kier molecular flexibility index (Phi) is 4.46. The van der Waals surface area contributed by atoms with Crippen LogP contribution in [0, 0.1) is 5.41 Å². The second-order valence-electron chi connectivity index (χ2n) is 10.6. The maximum Gasteiger partial charge on any atom is 0.259 e. The minimum atomic E-state index is 0.0550. The lowest BCUT2D eigenvalue weighted by Crippen LogP contribution is -2.48. The van der Waals surface area contributed by atoms with Crippen LogP contribution in [0.4, 0.5) is 0 Å². The largest absolute Gasteiger partial charge is 0.339 e. The first-order chi connectivity index (χ1) is 13.8. The molecule has 2 unspecified atom stereocenters. The summed E-state index contributed by atoms with van der Waals surface area (Å²) >= 11 is 0. The number of carbonyl (C=O) groups excluding carboxylic acids is 1. The average Bonchev–Trinajstić information content (AvgIpc) is 3.38. The standard InChI is InChI=1S/C23H32N4O2/c1-23(2,3)12-19-20-17(11-18(13-5-6-13)25-21(20)29-26-19)22(28)27(4)16-9-14-7-8-15(10-16)24-14/h11,13-16,24H,5-10,12H2,1-4H3. The van der Waals surface area contributed by atoms with Crippen LogP contribution in [-0.4, -0.2) is 46.1 Å². The van der Waals surface area contributed by atoms with Gasteiger partial charge in [-0.25, -0.2) is 4.98 Å². The first kappa shape index (κ1) is 19.0. The van der Waals surface area contributed by atoms with Gasteiger partial charge in [-0.05, 0) is 56.4 Å². The first-order valence-corrected chi connectivity index (χ1v) is 11.1. The van der Waals surface area contributed by atoms with E-state index in [4.69, 9.17) is 9.51 Å². The van der Waals surface area contributed by atoms with E-state index in [1.807, 2.05) is 18.0 Å². The van der Waals surface area contributed by atoms with Gasteiger partial charge in [0, 0.05) is 36.8 Å². The fourth-order valence-electron chi connectivity index (χ4n) is 5.11. The van der Waals surface area contributed by atoms with Crippen molar-refractivity contribution in [1.82, 2.24) is 20.4 Å². The molecule has 2 bridgehead atoms. The zero-order valence-electron chi connectivity index (χ0n) is 18.0. The monoisotopic (exact) mass is 396 g/mol. The Bertz CT molecular complexity index is 928. The van der Waals surface area contributed by atoms with Gasteiger partial charge in [-0.1, -0.05) is 25.9 Å². The Morgan fingerprint density at radius 2 is 1.90 bits per heavy atom. The third kappa shape index (κ3) is 3.67. The van der Waals surface area contributed by atoms with Gasteiger partial charge in [0.25, 0.3) is 11.6 Å². The quantitative estimate of drug-likeness (QED) is 0.844. The number of nitrogens with one attached hydrogen (secondary N) is 1. The van der Waals surface area contributed by atoms with E-state index in [-0.39, 0.29) is 11.3 Å². The number of aromatic nitrogens is 2. The third-order valence-electron chi connectivity index (χ3n) is 6.78. The lowest BCUT2D eigenvalue weighted by Gasteiger charge is -2.35. The average molecular weight is 397 g/mol. The summed E-state index contributed by atoms with van der Waals surface area (Å²) in [6, 6.07) is 3.43.